The number of hydrogen-bond acceptors (Lipinski definition) is 7. The third-order valence-corrected chi connectivity index (χ3v) is 5.98. The van der Waals surface area contributed by atoms with Gasteiger partial charge in [0.05, 0.1) is 21.8 Å². The highest BCUT2D eigenvalue weighted by molar-refractivity contribution is 8.13. The number of hydrogen-bond donors (Lipinski definition) is 1. The monoisotopic (exact) mass is 354 g/mol. The van der Waals surface area contributed by atoms with Crippen LogP contribution in [0.1, 0.15) is 45.2 Å². The van der Waals surface area contributed by atoms with Gasteiger partial charge in [0.1, 0.15) is 0 Å². The van der Waals surface area contributed by atoms with Crippen LogP contribution in [0.2, 0.25) is 0 Å². The lowest BCUT2D eigenvalue weighted by molar-refractivity contribution is -0.109. The van der Waals surface area contributed by atoms with Crippen LogP contribution in [0.25, 0.3) is 6.08 Å². The molecular weight excluding hydrogens is 331 g/mol. The van der Waals surface area contributed by atoms with Gasteiger partial charge in [0.25, 0.3) is 0 Å². The third-order valence-electron chi connectivity index (χ3n) is 4.16. The van der Waals surface area contributed by atoms with Gasteiger partial charge in [-0.3, -0.25) is 4.79 Å². The molecule has 0 spiro atoms. The third kappa shape index (κ3) is 4.18. The summed E-state index contributed by atoms with van der Waals surface area (Å²) in [5.74, 6) is 0.517. The second-order valence-electron chi connectivity index (χ2n) is 6.59. The first kappa shape index (κ1) is 18.5. The molecule has 1 saturated heterocycles. The van der Waals surface area contributed by atoms with E-state index < -0.39 is 18.3 Å². The molecule has 1 aliphatic heterocycles. The smallest absolute Gasteiger partial charge is 0.400 e. The fourth-order valence-electron chi connectivity index (χ4n) is 2.09. The van der Waals surface area contributed by atoms with E-state index in [9.17, 15) is 4.79 Å². The highest BCUT2D eigenvalue weighted by atomic mass is 32.2. The highest BCUT2D eigenvalue weighted by Crippen LogP contribution is 2.39. The molecule has 0 aliphatic carbocycles. The molecule has 0 atom stereocenters. The average Bonchev–Trinajstić information content (AvgIpc) is 2.81. The molecule has 0 aromatic carbocycles. The SMILES string of the molecule is CC(=O)SCC(=Cc1sc(N)nc1C)B1OC(C)(C)C(C)(C)O1. The molecule has 0 saturated carbocycles. The summed E-state index contributed by atoms with van der Waals surface area (Å²) in [6.45, 7) is 11.5. The second-order valence-corrected chi connectivity index (χ2v) is 8.80. The van der Waals surface area contributed by atoms with Crippen molar-refractivity contribution in [2.45, 2.75) is 52.7 Å². The minimum Gasteiger partial charge on any atom is -0.400 e. The van der Waals surface area contributed by atoms with E-state index in [-0.39, 0.29) is 5.12 Å². The lowest BCUT2D eigenvalue weighted by Crippen LogP contribution is -2.41. The Morgan fingerprint density at radius 1 is 1.35 bits per heavy atom. The molecule has 0 radical (unpaired) electrons. The summed E-state index contributed by atoms with van der Waals surface area (Å²) in [5, 5.41) is 0.592. The van der Waals surface area contributed by atoms with Crippen molar-refractivity contribution >= 4 is 46.5 Å². The number of nitrogens with two attached hydrogens (primary N) is 1. The van der Waals surface area contributed by atoms with Gasteiger partial charge in [-0.2, -0.15) is 0 Å². The summed E-state index contributed by atoms with van der Waals surface area (Å²) in [5.41, 5.74) is 6.72. The molecule has 1 fully saturated rings. The number of thiazole rings is 1. The van der Waals surface area contributed by atoms with Gasteiger partial charge in [0, 0.05) is 12.7 Å². The maximum absolute atomic E-state index is 11.4. The van der Waals surface area contributed by atoms with Crippen molar-refractivity contribution < 1.29 is 14.1 Å². The Morgan fingerprint density at radius 3 is 2.35 bits per heavy atom. The molecule has 8 heteroatoms. The van der Waals surface area contributed by atoms with Crippen molar-refractivity contribution in [2.24, 2.45) is 0 Å². The minimum atomic E-state index is -0.477. The van der Waals surface area contributed by atoms with Crippen LogP contribution in [0.4, 0.5) is 5.13 Å². The highest BCUT2D eigenvalue weighted by Gasteiger charge is 2.52. The van der Waals surface area contributed by atoms with Crippen molar-refractivity contribution in [1.29, 1.82) is 0 Å². The molecule has 2 N–H and O–H groups in total. The fraction of sp³-hybridized carbons (Fsp3) is 0.600. The molecule has 1 aliphatic rings. The van der Waals surface area contributed by atoms with Crippen molar-refractivity contribution in [3.63, 3.8) is 0 Å². The predicted molar refractivity (Wildman–Crippen MR) is 98.5 cm³/mol. The van der Waals surface area contributed by atoms with Crippen LogP contribution >= 0.6 is 23.1 Å². The Morgan fingerprint density at radius 2 is 1.91 bits per heavy atom. The number of rotatable bonds is 4. The van der Waals surface area contributed by atoms with Crippen molar-refractivity contribution in [3.8, 4) is 0 Å². The molecule has 2 rings (SSSR count). The van der Waals surface area contributed by atoms with Gasteiger partial charge < -0.3 is 15.0 Å². The number of carbonyl (C=O) groups is 1. The van der Waals surface area contributed by atoms with Gasteiger partial charge >= 0.3 is 7.12 Å². The van der Waals surface area contributed by atoms with E-state index in [1.54, 1.807) is 6.92 Å². The van der Waals surface area contributed by atoms with Crippen molar-refractivity contribution in [2.75, 3.05) is 11.5 Å². The zero-order valence-electron chi connectivity index (χ0n) is 14.4. The van der Waals surface area contributed by atoms with Crippen LogP contribution in [0, 0.1) is 6.92 Å². The standard InChI is InChI=1S/C15H23BN2O3S2/c1-9-12(23-13(17)18-9)7-11(8-22-10(2)19)16-20-14(3,4)15(5,6)21-16/h7H,8H2,1-6H3,(H2,17,18). The van der Waals surface area contributed by atoms with Crippen LogP contribution in [-0.4, -0.2) is 34.2 Å². The van der Waals surface area contributed by atoms with E-state index in [0.717, 1.165) is 16.0 Å². The maximum Gasteiger partial charge on any atom is 0.491 e. The molecule has 0 unspecified atom stereocenters. The number of carbonyl (C=O) groups excluding carboxylic acids is 1. The van der Waals surface area contributed by atoms with E-state index in [2.05, 4.69) is 4.98 Å². The van der Waals surface area contributed by atoms with E-state index in [1.807, 2.05) is 40.7 Å². The van der Waals surface area contributed by atoms with E-state index >= 15 is 0 Å². The van der Waals surface area contributed by atoms with Crippen LogP contribution in [-0.2, 0) is 14.1 Å². The molecule has 1 aromatic heterocycles. The van der Waals surface area contributed by atoms with Gasteiger partial charge in [-0.15, -0.1) is 0 Å². The molecule has 0 amide bonds. The zero-order valence-corrected chi connectivity index (χ0v) is 16.1. The number of aromatic nitrogens is 1. The normalized spacial score (nSPS) is 20.1. The second kappa shape index (κ2) is 6.59. The van der Waals surface area contributed by atoms with Crippen LogP contribution in [0.15, 0.2) is 5.47 Å². The molecule has 1 aromatic rings. The molecule has 126 valence electrons. The van der Waals surface area contributed by atoms with Crippen molar-refractivity contribution in [3.05, 3.63) is 16.0 Å². The topological polar surface area (TPSA) is 74.4 Å². The van der Waals surface area contributed by atoms with Crippen LogP contribution in [0.3, 0.4) is 0 Å². The number of nitrogens with zero attached hydrogens (tertiary/aromatic N) is 1. The van der Waals surface area contributed by atoms with Gasteiger partial charge in [-0.25, -0.2) is 4.98 Å². The lowest BCUT2D eigenvalue weighted by atomic mass is 9.79. The Kier molecular flexibility index (Phi) is 5.30. The van der Waals surface area contributed by atoms with Gasteiger partial charge in [0.15, 0.2) is 10.2 Å². The van der Waals surface area contributed by atoms with Gasteiger partial charge in [-0.05, 0) is 46.2 Å². The molecule has 23 heavy (non-hydrogen) atoms. The average molecular weight is 354 g/mol. The number of nitrogen functional groups attached to an aromatic ring is 1. The van der Waals surface area contributed by atoms with E-state index in [1.165, 1.54) is 23.1 Å². The van der Waals surface area contributed by atoms with Gasteiger partial charge in [-0.1, -0.05) is 23.1 Å². The molecule has 2 heterocycles. The molecule has 5 nitrogen and oxygen atoms in total. The van der Waals surface area contributed by atoms with Crippen LogP contribution < -0.4 is 5.73 Å². The fourth-order valence-corrected chi connectivity index (χ4v) is 3.49. The number of thioether (sulfide) groups is 1. The summed E-state index contributed by atoms with van der Waals surface area (Å²) in [6, 6.07) is 0. The van der Waals surface area contributed by atoms with Gasteiger partial charge in [0.2, 0.25) is 0 Å². The molecule has 0 bridgehead atoms. The number of anilines is 1. The Hall–Kier alpha value is -0.825. The minimum absolute atomic E-state index is 0.0629. The van der Waals surface area contributed by atoms with Crippen molar-refractivity contribution in [1.82, 2.24) is 4.98 Å². The summed E-state index contributed by atoms with van der Waals surface area (Å²) in [4.78, 5) is 16.6. The number of aryl methyl sites for hydroxylation is 1. The largest absolute Gasteiger partial charge is 0.491 e. The lowest BCUT2D eigenvalue weighted by Gasteiger charge is -2.32. The quantitative estimate of drug-likeness (QED) is 0.836. The zero-order chi connectivity index (χ0) is 17.4. The summed E-state index contributed by atoms with van der Waals surface area (Å²) in [6.07, 6.45) is 1.99. The van der Waals surface area contributed by atoms with E-state index in [0.29, 0.717) is 10.9 Å². The summed E-state index contributed by atoms with van der Waals surface area (Å²) < 4.78 is 12.2. The Balaban J connectivity index is 2.32. The Bertz CT molecular complexity index is 625. The summed E-state index contributed by atoms with van der Waals surface area (Å²) >= 11 is 2.66. The first-order valence-electron chi connectivity index (χ1n) is 7.44. The first-order valence-corrected chi connectivity index (χ1v) is 9.24. The predicted octanol–water partition coefficient (Wildman–Crippen LogP) is 3.33. The van der Waals surface area contributed by atoms with E-state index in [4.69, 9.17) is 15.0 Å². The first-order chi connectivity index (χ1) is 10.5. The maximum atomic E-state index is 11.4. The molecular formula is C15H23BN2O3S2. The summed E-state index contributed by atoms with van der Waals surface area (Å²) in [7, 11) is -0.477. The Labute approximate surface area is 146 Å². The van der Waals surface area contributed by atoms with Crippen LogP contribution in [0.5, 0.6) is 0 Å².